The van der Waals surface area contributed by atoms with Gasteiger partial charge in [-0.1, -0.05) is 19.8 Å². The molecule has 1 N–H and O–H groups in total. The number of halogens is 4. The number of nitrogens with one attached hydrogen (secondary N) is 1. The van der Waals surface area contributed by atoms with Crippen molar-refractivity contribution < 1.29 is 13.2 Å². The summed E-state index contributed by atoms with van der Waals surface area (Å²) < 4.78 is 41.0. The van der Waals surface area contributed by atoms with Crippen molar-refractivity contribution in [2.24, 2.45) is 11.8 Å². The van der Waals surface area contributed by atoms with Gasteiger partial charge >= 0.3 is 6.18 Å². The molecule has 0 bridgehead atoms. The van der Waals surface area contributed by atoms with Crippen LogP contribution in [0.15, 0.2) is 15.9 Å². The summed E-state index contributed by atoms with van der Waals surface area (Å²) in [7, 11) is 0. The summed E-state index contributed by atoms with van der Waals surface area (Å²) in [5.41, 5.74) is 0. The summed E-state index contributed by atoms with van der Waals surface area (Å²) in [6.07, 6.45) is -0.853. The molecule has 2 rings (SSSR count). The number of thiophene rings is 1. The van der Waals surface area contributed by atoms with Crippen LogP contribution >= 0.6 is 27.3 Å². The zero-order valence-corrected chi connectivity index (χ0v) is 14.5. The Morgan fingerprint density at radius 3 is 2.67 bits per heavy atom. The first-order chi connectivity index (χ1) is 9.93. The molecule has 1 aliphatic rings. The molecule has 1 aliphatic carbocycles. The van der Waals surface area contributed by atoms with Gasteiger partial charge in [0, 0.05) is 15.4 Å². The zero-order chi connectivity index (χ0) is 15.5. The molecule has 0 saturated heterocycles. The smallest absolute Gasteiger partial charge is 0.314 e. The molecule has 1 aromatic rings. The Morgan fingerprint density at radius 2 is 2.10 bits per heavy atom. The fourth-order valence-electron chi connectivity index (χ4n) is 3.36. The summed E-state index contributed by atoms with van der Waals surface area (Å²) in [5, 5.41) is 5.28. The van der Waals surface area contributed by atoms with E-state index in [1.165, 1.54) is 0 Å². The average molecular weight is 384 g/mol. The van der Waals surface area contributed by atoms with Gasteiger partial charge in [0.25, 0.3) is 0 Å². The van der Waals surface area contributed by atoms with Gasteiger partial charge in [-0.2, -0.15) is 13.2 Å². The SMILES string of the molecule is CCNC(Cc1sccc1Br)C1CCCCC1C(F)(F)F. The van der Waals surface area contributed by atoms with Crippen LogP contribution in [0.25, 0.3) is 0 Å². The van der Waals surface area contributed by atoms with E-state index in [1.54, 1.807) is 11.3 Å². The third-order valence-corrected chi connectivity index (χ3v) is 6.27. The van der Waals surface area contributed by atoms with Gasteiger partial charge in [-0.05, 0) is 59.1 Å². The van der Waals surface area contributed by atoms with Crippen molar-refractivity contribution in [1.82, 2.24) is 5.32 Å². The molecule has 1 saturated carbocycles. The predicted octanol–water partition coefficient (Wildman–Crippen LogP) is 5.40. The molecule has 1 nitrogen and oxygen atoms in total. The highest BCUT2D eigenvalue weighted by Gasteiger charge is 2.47. The minimum Gasteiger partial charge on any atom is -0.314 e. The Kier molecular flexibility index (Phi) is 6.15. The first-order valence-electron chi connectivity index (χ1n) is 7.45. The lowest BCUT2D eigenvalue weighted by Crippen LogP contribution is -2.46. The van der Waals surface area contributed by atoms with Crippen molar-refractivity contribution >= 4 is 27.3 Å². The number of rotatable bonds is 5. The van der Waals surface area contributed by atoms with Crippen molar-refractivity contribution in [3.05, 3.63) is 20.8 Å². The molecular formula is C15H21BrF3NS. The molecule has 3 unspecified atom stereocenters. The Morgan fingerprint density at radius 1 is 1.38 bits per heavy atom. The summed E-state index contributed by atoms with van der Waals surface area (Å²) in [6, 6.07) is 1.86. The molecule has 21 heavy (non-hydrogen) atoms. The first kappa shape index (κ1) is 17.3. The van der Waals surface area contributed by atoms with Crippen LogP contribution in [0.3, 0.4) is 0 Å². The lowest BCUT2D eigenvalue weighted by atomic mass is 9.74. The Hall–Kier alpha value is -0.0700. The van der Waals surface area contributed by atoms with E-state index in [2.05, 4.69) is 21.2 Å². The number of likely N-dealkylation sites (N-methyl/N-ethyl adjacent to an activating group) is 1. The molecular weight excluding hydrogens is 363 g/mol. The van der Waals surface area contributed by atoms with Crippen LogP contribution in [-0.4, -0.2) is 18.8 Å². The third-order valence-electron chi connectivity index (χ3n) is 4.32. The van der Waals surface area contributed by atoms with Crippen LogP contribution in [0.2, 0.25) is 0 Å². The highest BCUT2D eigenvalue weighted by atomic mass is 79.9. The Labute approximate surface area is 136 Å². The van der Waals surface area contributed by atoms with Gasteiger partial charge in [-0.25, -0.2) is 0 Å². The molecule has 0 aliphatic heterocycles. The number of hydrogen-bond acceptors (Lipinski definition) is 2. The van der Waals surface area contributed by atoms with E-state index < -0.39 is 12.1 Å². The maximum Gasteiger partial charge on any atom is 0.392 e. The normalized spacial score (nSPS) is 25.0. The lowest BCUT2D eigenvalue weighted by molar-refractivity contribution is -0.199. The van der Waals surface area contributed by atoms with Gasteiger partial charge in [0.15, 0.2) is 0 Å². The molecule has 0 aromatic carbocycles. The highest BCUT2D eigenvalue weighted by molar-refractivity contribution is 9.10. The number of alkyl halides is 3. The van der Waals surface area contributed by atoms with Crippen LogP contribution < -0.4 is 5.32 Å². The maximum atomic E-state index is 13.3. The van der Waals surface area contributed by atoms with Crippen molar-refractivity contribution in [3.63, 3.8) is 0 Å². The molecule has 1 aromatic heterocycles. The maximum absolute atomic E-state index is 13.3. The quantitative estimate of drug-likeness (QED) is 0.717. The molecule has 0 spiro atoms. The van der Waals surface area contributed by atoms with Gasteiger partial charge in [0.1, 0.15) is 0 Å². The summed E-state index contributed by atoms with van der Waals surface area (Å²) in [4.78, 5) is 1.13. The van der Waals surface area contributed by atoms with E-state index >= 15 is 0 Å². The van der Waals surface area contributed by atoms with Crippen LogP contribution in [0, 0.1) is 11.8 Å². The molecule has 0 radical (unpaired) electrons. The van der Waals surface area contributed by atoms with E-state index in [9.17, 15) is 13.2 Å². The second-order valence-electron chi connectivity index (χ2n) is 5.66. The minimum absolute atomic E-state index is 0.100. The molecule has 6 heteroatoms. The predicted molar refractivity (Wildman–Crippen MR) is 84.7 cm³/mol. The van der Waals surface area contributed by atoms with E-state index in [0.717, 1.165) is 15.8 Å². The monoisotopic (exact) mass is 383 g/mol. The highest BCUT2D eigenvalue weighted by Crippen LogP contribution is 2.43. The van der Waals surface area contributed by atoms with E-state index in [4.69, 9.17) is 0 Å². The molecule has 1 heterocycles. The summed E-state index contributed by atoms with van der Waals surface area (Å²) in [6.45, 7) is 2.66. The fraction of sp³-hybridized carbons (Fsp3) is 0.733. The zero-order valence-electron chi connectivity index (χ0n) is 12.0. The van der Waals surface area contributed by atoms with Crippen LogP contribution in [0.4, 0.5) is 13.2 Å². The summed E-state index contributed by atoms with van der Waals surface area (Å²) in [5.74, 6) is -1.47. The van der Waals surface area contributed by atoms with E-state index in [1.807, 2.05) is 18.4 Å². The molecule has 120 valence electrons. The third kappa shape index (κ3) is 4.45. The lowest BCUT2D eigenvalue weighted by Gasteiger charge is -2.38. The molecule has 0 amide bonds. The summed E-state index contributed by atoms with van der Waals surface area (Å²) >= 11 is 5.09. The van der Waals surface area contributed by atoms with Crippen molar-refractivity contribution in [1.29, 1.82) is 0 Å². The fourth-order valence-corrected chi connectivity index (χ4v) is 4.93. The van der Waals surface area contributed by atoms with Gasteiger partial charge in [-0.15, -0.1) is 11.3 Å². The number of hydrogen-bond donors (Lipinski definition) is 1. The van der Waals surface area contributed by atoms with Crippen molar-refractivity contribution in [2.45, 2.75) is 51.2 Å². The van der Waals surface area contributed by atoms with Crippen LogP contribution in [0.5, 0.6) is 0 Å². The van der Waals surface area contributed by atoms with Gasteiger partial charge in [0.05, 0.1) is 5.92 Å². The van der Waals surface area contributed by atoms with Crippen molar-refractivity contribution in [3.8, 4) is 0 Å². The standard InChI is InChI=1S/C15H21BrF3NS/c1-2-20-13(9-14-12(16)7-8-21-14)10-5-3-4-6-11(10)15(17,18)19/h7-8,10-11,13,20H,2-6,9H2,1H3. The van der Waals surface area contributed by atoms with Gasteiger partial charge < -0.3 is 5.32 Å². The van der Waals surface area contributed by atoms with Gasteiger partial charge in [0.2, 0.25) is 0 Å². The second kappa shape index (κ2) is 7.47. The largest absolute Gasteiger partial charge is 0.392 e. The molecule has 1 fully saturated rings. The van der Waals surface area contributed by atoms with Crippen LogP contribution in [-0.2, 0) is 6.42 Å². The Balaban J connectivity index is 2.16. The average Bonchev–Trinajstić information content (AvgIpc) is 2.83. The van der Waals surface area contributed by atoms with Crippen molar-refractivity contribution in [2.75, 3.05) is 6.54 Å². The van der Waals surface area contributed by atoms with E-state index in [0.29, 0.717) is 25.8 Å². The topological polar surface area (TPSA) is 12.0 Å². The Bertz CT molecular complexity index is 446. The van der Waals surface area contributed by atoms with Gasteiger partial charge in [-0.3, -0.25) is 0 Å². The van der Waals surface area contributed by atoms with E-state index in [-0.39, 0.29) is 18.4 Å². The van der Waals surface area contributed by atoms with Crippen LogP contribution in [0.1, 0.15) is 37.5 Å². The second-order valence-corrected chi connectivity index (χ2v) is 7.51. The first-order valence-corrected chi connectivity index (χ1v) is 9.12. The molecule has 3 atom stereocenters. The minimum atomic E-state index is -4.08.